The van der Waals surface area contributed by atoms with E-state index in [0.717, 1.165) is 64.7 Å². The summed E-state index contributed by atoms with van der Waals surface area (Å²) in [5, 5.41) is 18.1. The summed E-state index contributed by atoms with van der Waals surface area (Å²) >= 11 is 0.989. The summed E-state index contributed by atoms with van der Waals surface area (Å²) in [5.74, 6) is -1.94. The van der Waals surface area contributed by atoms with Crippen LogP contribution in [-0.2, 0) is 16.0 Å². The second-order valence-electron chi connectivity index (χ2n) is 9.68. The molecule has 1 saturated heterocycles. The summed E-state index contributed by atoms with van der Waals surface area (Å²) in [6.07, 6.45) is 5.81. The number of imide groups is 1. The average Bonchev–Trinajstić information content (AvgIpc) is 3.47. The predicted molar refractivity (Wildman–Crippen MR) is 140 cm³/mol. The molecule has 192 valence electrons. The van der Waals surface area contributed by atoms with E-state index < -0.39 is 35.9 Å². The molecule has 0 bridgehead atoms. The molecule has 3 N–H and O–H groups in total. The summed E-state index contributed by atoms with van der Waals surface area (Å²) in [4.78, 5) is 56.1. The van der Waals surface area contributed by atoms with Crippen LogP contribution in [0.15, 0.2) is 47.8 Å². The van der Waals surface area contributed by atoms with Crippen LogP contribution in [0.3, 0.4) is 0 Å². The number of nitrogens with zero attached hydrogens (tertiary/aromatic N) is 2. The summed E-state index contributed by atoms with van der Waals surface area (Å²) in [7, 11) is 0. The number of hydrogen-bond donors (Lipinski definition) is 3. The first-order chi connectivity index (χ1) is 17.9. The van der Waals surface area contributed by atoms with Crippen LogP contribution in [-0.4, -0.2) is 50.9 Å². The van der Waals surface area contributed by atoms with E-state index in [9.17, 15) is 19.2 Å². The Hall–Kier alpha value is -3.79. The minimum Gasteiger partial charge on any atom is -0.476 e. The topological polar surface area (TPSA) is 129 Å². The van der Waals surface area contributed by atoms with Crippen LogP contribution in [0.2, 0.25) is 0 Å². The molecule has 2 fully saturated rings. The van der Waals surface area contributed by atoms with E-state index in [1.54, 1.807) is 0 Å². The van der Waals surface area contributed by atoms with E-state index in [1.165, 1.54) is 5.38 Å². The maximum absolute atomic E-state index is 13.5. The molecule has 5 rings (SSSR count). The molecule has 1 aliphatic carbocycles. The van der Waals surface area contributed by atoms with Crippen LogP contribution in [0, 0.1) is 5.92 Å². The van der Waals surface area contributed by atoms with Crippen molar-refractivity contribution >= 4 is 51.1 Å². The fraction of sp³-hybridized carbons (Fsp3) is 0.370. The van der Waals surface area contributed by atoms with Crippen molar-refractivity contribution < 1.29 is 24.3 Å². The zero-order valence-corrected chi connectivity index (χ0v) is 21.0. The van der Waals surface area contributed by atoms with Gasteiger partial charge in [0.1, 0.15) is 12.1 Å². The highest BCUT2D eigenvalue weighted by Gasteiger charge is 2.45. The van der Waals surface area contributed by atoms with Gasteiger partial charge in [0.25, 0.3) is 5.91 Å². The number of benzene rings is 2. The largest absolute Gasteiger partial charge is 0.476 e. The average molecular weight is 521 g/mol. The number of carbonyl (C=O) groups is 4. The molecular weight excluding hydrogens is 492 g/mol. The van der Waals surface area contributed by atoms with E-state index in [1.807, 2.05) is 42.5 Å². The number of carbonyl (C=O) groups excluding carboxylic acids is 3. The lowest BCUT2D eigenvalue weighted by Gasteiger charge is -2.30. The third-order valence-electron chi connectivity index (χ3n) is 7.15. The van der Waals surface area contributed by atoms with Crippen molar-refractivity contribution in [3.63, 3.8) is 0 Å². The summed E-state index contributed by atoms with van der Waals surface area (Å²) < 4.78 is 0. The maximum atomic E-state index is 13.5. The van der Waals surface area contributed by atoms with Crippen LogP contribution < -0.4 is 10.6 Å². The number of hydrogen-bond acceptors (Lipinski definition) is 6. The third-order valence-corrected chi connectivity index (χ3v) is 7.91. The van der Waals surface area contributed by atoms with Crippen LogP contribution in [0.5, 0.6) is 0 Å². The van der Waals surface area contributed by atoms with Crippen molar-refractivity contribution in [2.45, 2.75) is 57.0 Å². The van der Waals surface area contributed by atoms with E-state index in [2.05, 4.69) is 15.6 Å². The molecule has 0 radical (unpaired) electrons. The van der Waals surface area contributed by atoms with Gasteiger partial charge in [0.15, 0.2) is 10.8 Å². The Labute approximate surface area is 217 Å². The third kappa shape index (κ3) is 5.48. The number of rotatable bonds is 8. The lowest BCUT2D eigenvalue weighted by atomic mass is 9.84. The van der Waals surface area contributed by atoms with Crippen LogP contribution in [0.1, 0.15) is 54.6 Å². The molecule has 9 nitrogen and oxygen atoms in total. The molecule has 2 aromatic carbocycles. The summed E-state index contributed by atoms with van der Waals surface area (Å²) in [6, 6.07) is 11.5. The predicted octanol–water partition coefficient (Wildman–Crippen LogP) is 4.44. The Morgan fingerprint density at radius 2 is 1.86 bits per heavy atom. The maximum Gasteiger partial charge on any atom is 0.355 e. The van der Waals surface area contributed by atoms with E-state index >= 15 is 0 Å². The van der Waals surface area contributed by atoms with Crippen molar-refractivity contribution in [1.29, 1.82) is 0 Å². The van der Waals surface area contributed by atoms with Crippen LogP contribution in [0.25, 0.3) is 10.8 Å². The van der Waals surface area contributed by atoms with Crippen molar-refractivity contribution in [1.82, 2.24) is 15.2 Å². The van der Waals surface area contributed by atoms with Crippen molar-refractivity contribution in [2.24, 2.45) is 5.92 Å². The number of anilines is 1. The quantitative estimate of drug-likeness (QED) is 0.377. The van der Waals surface area contributed by atoms with Gasteiger partial charge < -0.3 is 15.7 Å². The highest BCUT2D eigenvalue weighted by Crippen LogP contribution is 2.31. The van der Waals surface area contributed by atoms with Gasteiger partial charge in [-0.3, -0.25) is 9.59 Å². The SMILES string of the molecule is O=C(O)c1csc(NC(=O)[C@H](CC2CCCCC2)N2C(=O)N[C@@H](Cc3ccc4ccccc4c3)C2=O)n1. The molecule has 1 saturated carbocycles. The van der Waals surface area contributed by atoms with Gasteiger partial charge in [-0.1, -0.05) is 74.6 Å². The van der Waals surface area contributed by atoms with Gasteiger partial charge in [0.05, 0.1) is 0 Å². The molecule has 10 heteroatoms. The van der Waals surface area contributed by atoms with Gasteiger partial charge in [-0.05, 0) is 28.7 Å². The molecule has 2 heterocycles. The summed E-state index contributed by atoms with van der Waals surface area (Å²) in [5.41, 5.74) is 0.742. The number of carboxylic acids is 1. The van der Waals surface area contributed by atoms with E-state index in [4.69, 9.17) is 5.11 Å². The number of fused-ring (bicyclic) bond motifs is 1. The van der Waals surface area contributed by atoms with Crippen LogP contribution in [0.4, 0.5) is 9.93 Å². The highest BCUT2D eigenvalue weighted by molar-refractivity contribution is 7.14. The fourth-order valence-corrected chi connectivity index (χ4v) is 5.96. The van der Waals surface area contributed by atoms with E-state index in [-0.39, 0.29) is 16.7 Å². The summed E-state index contributed by atoms with van der Waals surface area (Å²) in [6.45, 7) is 0. The number of urea groups is 1. The fourth-order valence-electron chi connectivity index (χ4n) is 5.27. The molecule has 0 unspecified atom stereocenters. The van der Waals surface area contributed by atoms with Crippen molar-refractivity contribution in [3.05, 3.63) is 59.1 Å². The van der Waals surface area contributed by atoms with Gasteiger partial charge in [-0.2, -0.15) is 0 Å². The Balaban J connectivity index is 1.35. The molecule has 37 heavy (non-hydrogen) atoms. The van der Waals surface area contributed by atoms with Crippen molar-refractivity contribution in [3.8, 4) is 0 Å². The molecule has 2 atom stereocenters. The number of aromatic nitrogens is 1. The monoisotopic (exact) mass is 520 g/mol. The molecule has 1 aromatic heterocycles. The highest BCUT2D eigenvalue weighted by atomic mass is 32.1. The van der Waals surface area contributed by atoms with Gasteiger partial charge >= 0.3 is 12.0 Å². The first kappa shape index (κ1) is 24.9. The second-order valence-corrected chi connectivity index (χ2v) is 10.5. The molecule has 0 spiro atoms. The number of thiazole rings is 1. The molecular formula is C27H28N4O5S. The molecule has 2 aliphatic rings. The number of nitrogens with one attached hydrogen (secondary N) is 2. The van der Waals surface area contributed by atoms with E-state index in [0.29, 0.717) is 12.8 Å². The first-order valence-electron chi connectivity index (χ1n) is 12.5. The minimum absolute atomic E-state index is 0.121. The Morgan fingerprint density at radius 3 is 2.59 bits per heavy atom. The Morgan fingerprint density at radius 1 is 1.11 bits per heavy atom. The van der Waals surface area contributed by atoms with Crippen molar-refractivity contribution in [2.75, 3.05) is 5.32 Å². The van der Waals surface area contributed by atoms with Crippen LogP contribution >= 0.6 is 11.3 Å². The lowest BCUT2D eigenvalue weighted by Crippen LogP contribution is -2.49. The Kier molecular flexibility index (Phi) is 7.18. The smallest absolute Gasteiger partial charge is 0.355 e. The standard InChI is InChI=1S/C27H28N4O5S/c32-23(30-26-28-21(15-37-26)25(34)35)22(14-16-6-2-1-3-7-16)31-24(33)20(29-27(31)36)13-17-10-11-18-8-4-5-9-19(18)12-17/h4-5,8-12,15-16,20,22H,1-3,6-7,13-14H2,(H,29,36)(H,34,35)(H,28,30,32)/t20-,22-/m0/s1. The first-order valence-corrected chi connectivity index (χ1v) is 13.4. The number of amides is 4. The van der Waals surface area contributed by atoms with Gasteiger partial charge in [0, 0.05) is 11.8 Å². The Bertz CT molecular complexity index is 1350. The molecule has 1 aliphatic heterocycles. The molecule has 4 amide bonds. The minimum atomic E-state index is -1.19. The van der Waals surface area contributed by atoms with Gasteiger partial charge in [-0.15, -0.1) is 11.3 Å². The normalized spacial score (nSPS) is 19.1. The second kappa shape index (κ2) is 10.7. The van der Waals surface area contributed by atoms with Gasteiger partial charge in [0.2, 0.25) is 5.91 Å². The number of aromatic carboxylic acids is 1. The zero-order valence-electron chi connectivity index (χ0n) is 20.2. The molecule has 3 aromatic rings. The lowest BCUT2D eigenvalue weighted by molar-refractivity contribution is -0.134. The number of carboxylic acid groups (broad SMARTS) is 1. The zero-order chi connectivity index (χ0) is 25.9. The van der Waals surface area contributed by atoms with Gasteiger partial charge in [-0.25, -0.2) is 19.5 Å².